The van der Waals surface area contributed by atoms with Crippen LogP contribution in [0.15, 0.2) is 29.1 Å². The van der Waals surface area contributed by atoms with Crippen molar-refractivity contribution in [3.63, 3.8) is 0 Å². The minimum absolute atomic E-state index is 0.103. The van der Waals surface area contributed by atoms with Gasteiger partial charge >= 0.3 is 0 Å². The molecule has 2 rings (SSSR count). The molecule has 1 aromatic carbocycles. The lowest BCUT2D eigenvalue weighted by Gasteiger charge is -2.02. The summed E-state index contributed by atoms with van der Waals surface area (Å²) >= 11 is 0. The standard InChI is InChI=1S/C13H13N3O/c1-2-3-8-14-9-12-15-11-7-5-4-6-10(11)13(17)16-12/h4-7,14H,8-9H2,1H3,(H,15,16,17). The number of para-hydroxylation sites is 1. The van der Waals surface area contributed by atoms with Crippen LogP contribution in [0.3, 0.4) is 0 Å². The molecule has 0 aliphatic carbocycles. The van der Waals surface area contributed by atoms with Crippen LogP contribution in [0.1, 0.15) is 12.7 Å². The van der Waals surface area contributed by atoms with E-state index >= 15 is 0 Å². The van der Waals surface area contributed by atoms with E-state index < -0.39 is 0 Å². The number of benzene rings is 1. The van der Waals surface area contributed by atoms with Crippen LogP contribution in [0.2, 0.25) is 0 Å². The van der Waals surface area contributed by atoms with Gasteiger partial charge in [-0.05, 0) is 19.1 Å². The lowest BCUT2D eigenvalue weighted by Crippen LogP contribution is -2.19. The summed E-state index contributed by atoms with van der Waals surface area (Å²) in [6, 6.07) is 7.30. The fourth-order valence-electron chi connectivity index (χ4n) is 1.55. The molecule has 0 unspecified atom stereocenters. The minimum atomic E-state index is -0.103. The first-order chi connectivity index (χ1) is 8.31. The van der Waals surface area contributed by atoms with Crippen molar-refractivity contribution in [2.24, 2.45) is 0 Å². The molecule has 4 nitrogen and oxygen atoms in total. The predicted octanol–water partition coefficient (Wildman–Crippen LogP) is 1.04. The maximum atomic E-state index is 11.7. The summed E-state index contributed by atoms with van der Waals surface area (Å²) in [5.74, 6) is 6.31. The zero-order chi connectivity index (χ0) is 12.1. The zero-order valence-corrected chi connectivity index (χ0v) is 9.58. The van der Waals surface area contributed by atoms with Crippen LogP contribution in [0, 0.1) is 11.8 Å². The Balaban J connectivity index is 2.23. The van der Waals surface area contributed by atoms with E-state index in [-0.39, 0.29) is 5.56 Å². The average molecular weight is 227 g/mol. The van der Waals surface area contributed by atoms with Crippen LogP contribution in [-0.4, -0.2) is 16.5 Å². The molecule has 17 heavy (non-hydrogen) atoms. The number of aromatic nitrogens is 2. The van der Waals surface area contributed by atoms with Crippen molar-refractivity contribution in [3.05, 3.63) is 40.4 Å². The summed E-state index contributed by atoms with van der Waals surface area (Å²) in [4.78, 5) is 18.9. The molecule has 0 atom stereocenters. The lowest BCUT2D eigenvalue weighted by molar-refractivity contribution is 0.724. The molecule has 2 aromatic rings. The van der Waals surface area contributed by atoms with E-state index in [0.717, 1.165) is 5.52 Å². The summed E-state index contributed by atoms with van der Waals surface area (Å²) in [5, 5.41) is 3.70. The maximum absolute atomic E-state index is 11.7. The second-order valence-corrected chi connectivity index (χ2v) is 3.56. The summed E-state index contributed by atoms with van der Waals surface area (Å²) < 4.78 is 0. The van der Waals surface area contributed by atoms with Crippen molar-refractivity contribution in [1.29, 1.82) is 0 Å². The summed E-state index contributed by atoms with van der Waals surface area (Å²) in [5.41, 5.74) is 0.614. The number of rotatable bonds is 3. The molecule has 0 fully saturated rings. The highest BCUT2D eigenvalue weighted by molar-refractivity contribution is 5.77. The number of fused-ring (bicyclic) bond motifs is 1. The Bertz CT molecular complexity index is 634. The minimum Gasteiger partial charge on any atom is -0.309 e. The van der Waals surface area contributed by atoms with E-state index in [1.54, 1.807) is 13.0 Å². The highest BCUT2D eigenvalue weighted by atomic mass is 16.1. The summed E-state index contributed by atoms with van der Waals surface area (Å²) in [7, 11) is 0. The van der Waals surface area contributed by atoms with Crippen molar-refractivity contribution >= 4 is 10.9 Å². The van der Waals surface area contributed by atoms with Crippen molar-refractivity contribution < 1.29 is 0 Å². The maximum Gasteiger partial charge on any atom is 0.258 e. The Morgan fingerprint density at radius 2 is 2.24 bits per heavy atom. The lowest BCUT2D eigenvalue weighted by atomic mass is 10.2. The van der Waals surface area contributed by atoms with Gasteiger partial charge in [0.25, 0.3) is 5.56 Å². The van der Waals surface area contributed by atoms with Gasteiger partial charge in [0.1, 0.15) is 5.82 Å². The Kier molecular flexibility index (Phi) is 3.53. The normalized spacial score (nSPS) is 9.94. The fourth-order valence-corrected chi connectivity index (χ4v) is 1.55. The van der Waals surface area contributed by atoms with Gasteiger partial charge in [-0.3, -0.25) is 10.1 Å². The van der Waals surface area contributed by atoms with Crippen molar-refractivity contribution in [2.45, 2.75) is 13.5 Å². The smallest absolute Gasteiger partial charge is 0.258 e. The monoisotopic (exact) mass is 227 g/mol. The van der Waals surface area contributed by atoms with Crippen LogP contribution in [0.25, 0.3) is 10.9 Å². The van der Waals surface area contributed by atoms with Gasteiger partial charge in [0.15, 0.2) is 0 Å². The molecular formula is C13H13N3O. The molecular weight excluding hydrogens is 214 g/mol. The second kappa shape index (κ2) is 5.28. The molecule has 0 saturated heterocycles. The number of H-pyrrole nitrogens is 1. The third-order valence-corrected chi connectivity index (χ3v) is 2.34. The van der Waals surface area contributed by atoms with Gasteiger partial charge < -0.3 is 4.98 Å². The number of hydrogen-bond donors (Lipinski definition) is 2. The van der Waals surface area contributed by atoms with Gasteiger partial charge in [0.05, 0.1) is 24.0 Å². The average Bonchev–Trinajstić information content (AvgIpc) is 2.35. The van der Waals surface area contributed by atoms with Crippen molar-refractivity contribution in [2.75, 3.05) is 6.54 Å². The van der Waals surface area contributed by atoms with Crippen LogP contribution in [0.5, 0.6) is 0 Å². The van der Waals surface area contributed by atoms with Gasteiger partial charge in [0.2, 0.25) is 0 Å². The first-order valence-electron chi connectivity index (χ1n) is 5.39. The summed E-state index contributed by atoms with van der Waals surface area (Å²) in [6.07, 6.45) is 0. The molecule has 1 aromatic heterocycles. The van der Waals surface area contributed by atoms with E-state index in [0.29, 0.717) is 24.3 Å². The molecule has 0 amide bonds. The Labute approximate surface area is 99.1 Å². The van der Waals surface area contributed by atoms with Gasteiger partial charge in [-0.2, -0.15) is 0 Å². The SMILES string of the molecule is CC#CCNCc1nc2ccccc2c(=O)[nH]1. The molecule has 2 N–H and O–H groups in total. The number of hydrogen-bond acceptors (Lipinski definition) is 3. The fraction of sp³-hybridized carbons (Fsp3) is 0.231. The third kappa shape index (κ3) is 2.71. The number of nitrogens with zero attached hydrogens (tertiary/aromatic N) is 1. The quantitative estimate of drug-likeness (QED) is 0.608. The Morgan fingerprint density at radius 1 is 1.41 bits per heavy atom. The third-order valence-electron chi connectivity index (χ3n) is 2.34. The van der Waals surface area contributed by atoms with Gasteiger partial charge in [-0.25, -0.2) is 4.98 Å². The van der Waals surface area contributed by atoms with Crippen LogP contribution in [-0.2, 0) is 6.54 Å². The predicted molar refractivity (Wildman–Crippen MR) is 67.5 cm³/mol. The Hall–Kier alpha value is -2.12. The molecule has 86 valence electrons. The number of nitrogens with one attached hydrogen (secondary N) is 2. The molecule has 0 aliphatic heterocycles. The summed E-state index contributed by atoms with van der Waals surface area (Å²) in [6.45, 7) is 2.89. The van der Waals surface area contributed by atoms with E-state index in [9.17, 15) is 4.79 Å². The van der Waals surface area contributed by atoms with Crippen LogP contribution < -0.4 is 10.9 Å². The molecule has 1 heterocycles. The van der Waals surface area contributed by atoms with E-state index in [2.05, 4.69) is 27.1 Å². The van der Waals surface area contributed by atoms with Gasteiger partial charge in [-0.1, -0.05) is 18.1 Å². The van der Waals surface area contributed by atoms with Crippen LogP contribution >= 0.6 is 0 Å². The largest absolute Gasteiger partial charge is 0.309 e. The van der Waals surface area contributed by atoms with E-state index in [1.807, 2.05) is 18.2 Å². The molecule has 0 spiro atoms. The molecule has 0 saturated carbocycles. The topological polar surface area (TPSA) is 57.8 Å². The Morgan fingerprint density at radius 3 is 3.06 bits per heavy atom. The van der Waals surface area contributed by atoms with E-state index in [1.165, 1.54) is 0 Å². The van der Waals surface area contributed by atoms with Crippen LogP contribution in [0.4, 0.5) is 0 Å². The second-order valence-electron chi connectivity index (χ2n) is 3.56. The van der Waals surface area contributed by atoms with Gasteiger partial charge in [0, 0.05) is 0 Å². The molecule has 0 aliphatic rings. The molecule has 4 heteroatoms. The highest BCUT2D eigenvalue weighted by Crippen LogP contribution is 2.05. The molecule has 0 radical (unpaired) electrons. The van der Waals surface area contributed by atoms with E-state index in [4.69, 9.17) is 0 Å². The zero-order valence-electron chi connectivity index (χ0n) is 9.58. The molecule has 0 bridgehead atoms. The first-order valence-corrected chi connectivity index (χ1v) is 5.39. The van der Waals surface area contributed by atoms with Crippen molar-refractivity contribution in [1.82, 2.24) is 15.3 Å². The first kappa shape index (κ1) is 11.4. The highest BCUT2D eigenvalue weighted by Gasteiger charge is 2.01. The van der Waals surface area contributed by atoms with Gasteiger partial charge in [-0.15, -0.1) is 5.92 Å². The van der Waals surface area contributed by atoms with Crippen molar-refractivity contribution in [3.8, 4) is 11.8 Å². The number of aromatic amines is 1.